The number of H-pyrrole nitrogens is 1. The van der Waals surface area contributed by atoms with Crippen molar-refractivity contribution in [1.29, 1.82) is 0 Å². The molecule has 1 heterocycles. The molecule has 0 aliphatic rings. The standard InChI is InChI=1S/C25H21FN2O3/c1-29-19-14-23(30-2)20(24(15-19)31-3)12-13-25-27-21-6-4-5-7-22(21)28(25)16-17-8-10-18(26)11-9-17/h4-11,14-15H,16H2,1-3H3/p+1. The van der Waals surface area contributed by atoms with Crippen LogP contribution in [-0.2, 0) is 6.54 Å². The van der Waals surface area contributed by atoms with Gasteiger partial charge in [0, 0.05) is 18.1 Å². The summed E-state index contributed by atoms with van der Waals surface area (Å²) in [5.41, 5.74) is 3.56. The average molecular weight is 417 g/mol. The molecule has 5 nitrogen and oxygen atoms in total. The first kappa shape index (κ1) is 20.3. The zero-order valence-electron chi connectivity index (χ0n) is 17.5. The largest absolute Gasteiger partial charge is 0.496 e. The molecular weight excluding hydrogens is 395 g/mol. The lowest BCUT2D eigenvalue weighted by molar-refractivity contribution is -0.664. The van der Waals surface area contributed by atoms with Gasteiger partial charge in [0.15, 0.2) is 11.0 Å². The van der Waals surface area contributed by atoms with E-state index in [0.29, 0.717) is 35.2 Å². The summed E-state index contributed by atoms with van der Waals surface area (Å²) in [5, 5.41) is 0. The summed E-state index contributed by atoms with van der Waals surface area (Å²) in [4.78, 5) is 3.37. The summed E-state index contributed by atoms with van der Waals surface area (Å²) in [7, 11) is 4.75. The lowest BCUT2D eigenvalue weighted by Gasteiger charge is -2.10. The molecular formula is C25H22FN2O3+. The lowest BCUT2D eigenvalue weighted by atomic mass is 10.1. The third kappa shape index (κ3) is 4.17. The summed E-state index contributed by atoms with van der Waals surface area (Å²) in [6, 6.07) is 18.0. The van der Waals surface area contributed by atoms with Gasteiger partial charge in [0.1, 0.15) is 35.2 Å². The number of hydrogen-bond acceptors (Lipinski definition) is 3. The molecule has 4 aromatic rings. The molecule has 156 valence electrons. The fourth-order valence-corrected chi connectivity index (χ4v) is 3.42. The van der Waals surface area contributed by atoms with Crippen LogP contribution in [0.2, 0.25) is 0 Å². The molecule has 0 radical (unpaired) electrons. The van der Waals surface area contributed by atoms with Crippen LogP contribution >= 0.6 is 0 Å². The van der Waals surface area contributed by atoms with E-state index in [1.165, 1.54) is 12.1 Å². The second-order valence-electron chi connectivity index (χ2n) is 6.86. The Bertz CT molecular complexity index is 1260. The summed E-state index contributed by atoms with van der Waals surface area (Å²) < 4.78 is 31.7. The number of imidazole rings is 1. The van der Waals surface area contributed by atoms with Gasteiger partial charge in [-0.1, -0.05) is 24.3 Å². The molecule has 0 bridgehead atoms. The zero-order valence-corrected chi connectivity index (χ0v) is 17.5. The van der Waals surface area contributed by atoms with Crippen LogP contribution in [0.1, 0.15) is 17.0 Å². The van der Waals surface area contributed by atoms with Gasteiger partial charge in [-0.25, -0.2) is 13.9 Å². The smallest absolute Gasteiger partial charge is 0.334 e. The van der Waals surface area contributed by atoms with Gasteiger partial charge in [-0.05, 0) is 35.7 Å². The predicted molar refractivity (Wildman–Crippen MR) is 116 cm³/mol. The van der Waals surface area contributed by atoms with Crippen LogP contribution in [0.25, 0.3) is 11.0 Å². The van der Waals surface area contributed by atoms with Crippen molar-refractivity contribution in [2.75, 3.05) is 21.3 Å². The van der Waals surface area contributed by atoms with Gasteiger partial charge >= 0.3 is 5.82 Å². The molecule has 31 heavy (non-hydrogen) atoms. The minimum Gasteiger partial charge on any atom is -0.496 e. The molecule has 3 aromatic carbocycles. The van der Waals surface area contributed by atoms with E-state index in [2.05, 4.69) is 21.4 Å². The van der Waals surface area contributed by atoms with Gasteiger partial charge in [-0.3, -0.25) is 0 Å². The minimum atomic E-state index is -0.258. The first-order valence-electron chi connectivity index (χ1n) is 9.70. The Balaban J connectivity index is 1.82. The Labute approximate surface area is 180 Å². The molecule has 0 aliphatic heterocycles. The molecule has 0 aliphatic carbocycles. The minimum absolute atomic E-state index is 0.258. The fraction of sp³-hybridized carbons (Fsp3) is 0.160. The van der Waals surface area contributed by atoms with E-state index >= 15 is 0 Å². The number of fused-ring (bicyclic) bond motifs is 1. The van der Waals surface area contributed by atoms with E-state index in [1.54, 1.807) is 45.6 Å². The molecule has 0 unspecified atom stereocenters. The Kier molecular flexibility index (Phi) is 5.76. The maximum Gasteiger partial charge on any atom is 0.334 e. The van der Waals surface area contributed by atoms with Crippen LogP contribution in [0.3, 0.4) is 0 Å². The van der Waals surface area contributed by atoms with E-state index in [0.717, 1.165) is 16.6 Å². The molecule has 0 spiro atoms. The molecule has 0 amide bonds. The number of nitrogens with one attached hydrogen (secondary N) is 1. The van der Waals surface area contributed by atoms with Crippen molar-refractivity contribution in [3.63, 3.8) is 0 Å². The molecule has 1 N–H and O–H groups in total. The highest BCUT2D eigenvalue weighted by Crippen LogP contribution is 2.33. The first-order valence-corrected chi connectivity index (χ1v) is 9.70. The highest BCUT2D eigenvalue weighted by Gasteiger charge is 2.18. The topological polar surface area (TPSA) is 47.4 Å². The number of halogens is 1. The molecule has 0 saturated carbocycles. The Morgan fingerprint density at radius 1 is 0.871 bits per heavy atom. The van der Waals surface area contributed by atoms with Crippen LogP contribution in [-0.4, -0.2) is 26.3 Å². The normalized spacial score (nSPS) is 10.5. The second kappa shape index (κ2) is 8.80. The molecule has 0 atom stereocenters. The number of rotatable bonds is 5. The number of nitrogens with zero attached hydrogens (tertiary/aromatic N) is 1. The Hall–Kier alpha value is -3.98. The van der Waals surface area contributed by atoms with Crippen LogP contribution in [0.5, 0.6) is 17.2 Å². The zero-order chi connectivity index (χ0) is 21.8. The van der Waals surface area contributed by atoms with Crippen molar-refractivity contribution in [2.45, 2.75) is 6.54 Å². The van der Waals surface area contributed by atoms with Gasteiger partial charge < -0.3 is 14.2 Å². The van der Waals surface area contributed by atoms with Crippen LogP contribution in [0.15, 0.2) is 60.7 Å². The number of aromatic nitrogens is 2. The summed E-state index contributed by atoms with van der Waals surface area (Å²) in [6.45, 7) is 0.547. The molecule has 0 fully saturated rings. The van der Waals surface area contributed by atoms with Gasteiger partial charge in [0.05, 0.1) is 21.3 Å². The number of aromatic amines is 1. The summed E-state index contributed by atoms with van der Waals surface area (Å²) in [5.74, 6) is 8.60. The summed E-state index contributed by atoms with van der Waals surface area (Å²) in [6.07, 6.45) is 0. The highest BCUT2D eigenvalue weighted by molar-refractivity contribution is 5.72. The van der Waals surface area contributed by atoms with Crippen LogP contribution < -0.4 is 18.8 Å². The van der Waals surface area contributed by atoms with Crippen LogP contribution in [0.4, 0.5) is 4.39 Å². The maximum absolute atomic E-state index is 13.3. The third-order valence-corrected chi connectivity index (χ3v) is 4.99. The van der Waals surface area contributed by atoms with Crippen molar-refractivity contribution in [3.8, 4) is 29.1 Å². The van der Waals surface area contributed by atoms with Crippen molar-refractivity contribution >= 4 is 11.0 Å². The Morgan fingerprint density at radius 3 is 2.19 bits per heavy atom. The van der Waals surface area contributed by atoms with Crippen molar-refractivity contribution in [2.24, 2.45) is 0 Å². The fourth-order valence-electron chi connectivity index (χ4n) is 3.42. The molecule has 6 heteroatoms. The lowest BCUT2D eigenvalue weighted by Crippen LogP contribution is -2.36. The van der Waals surface area contributed by atoms with E-state index in [-0.39, 0.29) is 5.82 Å². The summed E-state index contributed by atoms with van der Waals surface area (Å²) >= 11 is 0. The van der Waals surface area contributed by atoms with Gasteiger partial charge in [-0.15, -0.1) is 0 Å². The van der Waals surface area contributed by atoms with E-state index in [4.69, 9.17) is 14.2 Å². The molecule has 0 saturated heterocycles. The van der Waals surface area contributed by atoms with Crippen molar-refractivity contribution in [3.05, 3.63) is 83.4 Å². The second-order valence-corrected chi connectivity index (χ2v) is 6.86. The average Bonchev–Trinajstić information content (AvgIpc) is 3.15. The molecule has 1 aromatic heterocycles. The quantitative estimate of drug-likeness (QED) is 0.393. The number of benzene rings is 3. The van der Waals surface area contributed by atoms with Crippen LogP contribution in [0, 0.1) is 17.7 Å². The predicted octanol–water partition coefficient (Wildman–Crippen LogP) is 4.07. The first-order chi connectivity index (χ1) is 15.1. The Morgan fingerprint density at radius 2 is 1.55 bits per heavy atom. The number of methoxy groups -OCH3 is 3. The number of para-hydroxylation sites is 2. The third-order valence-electron chi connectivity index (χ3n) is 4.99. The van der Waals surface area contributed by atoms with Crippen molar-refractivity contribution < 1.29 is 23.2 Å². The number of hydrogen-bond donors (Lipinski definition) is 1. The van der Waals surface area contributed by atoms with E-state index < -0.39 is 0 Å². The SMILES string of the molecule is COc1cc(OC)c(C#Cc2[nH]c3ccccc3[n+]2Cc2ccc(F)cc2)c(OC)c1. The van der Waals surface area contributed by atoms with Gasteiger partial charge in [-0.2, -0.15) is 0 Å². The van der Waals surface area contributed by atoms with E-state index in [9.17, 15) is 4.39 Å². The van der Waals surface area contributed by atoms with Gasteiger partial charge in [0.2, 0.25) is 0 Å². The van der Waals surface area contributed by atoms with E-state index in [1.807, 2.05) is 24.3 Å². The highest BCUT2D eigenvalue weighted by atomic mass is 19.1. The van der Waals surface area contributed by atoms with Crippen molar-refractivity contribution in [1.82, 2.24) is 4.98 Å². The molecule has 4 rings (SSSR count). The van der Waals surface area contributed by atoms with Gasteiger partial charge in [0.25, 0.3) is 0 Å². The monoisotopic (exact) mass is 417 g/mol. The number of ether oxygens (including phenoxy) is 3. The maximum atomic E-state index is 13.3.